The van der Waals surface area contributed by atoms with Crippen molar-refractivity contribution in [3.8, 4) is 11.4 Å². The van der Waals surface area contributed by atoms with Crippen LogP contribution < -0.4 is 11.0 Å². The number of fused-ring (bicyclic) bond motifs is 2. The van der Waals surface area contributed by atoms with E-state index in [0.29, 0.717) is 10.2 Å². The molecule has 0 aliphatic carbocycles. The van der Waals surface area contributed by atoms with E-state index in [1.165, 1.54) is 22.0 Å². The van der Waals surface area contributed by atoms with Gasteiger partial charge in [0.2, 0.25) is 5.43 Å². The van der Waals surface area contributed by atoms with Crippen molar-refractivity contribution in [1.29, 1.82) is 0 Å². The van der Waals surface area contributed by atoms with Crippen LogP contribution in [0.5, 0.6) is 0 Å². The Morgan fingerprint density at radius 1 is 0.867 bits per heavy atom. The van der Waals surface area contributed by atoms with Gasteiger partial charge in [-0.25, -0.2) is 9.37 Å². The largest absolute Gasteiger partial charge is 0.288 e. The SMILES string of the molecule is O=c1c2ccccc2sc2nc(-c3ccccc3F)n(Cc3ccccc3)c(=O)c12. The molecule has 146 valence electrons. The predicted molar refractivity (Wildman–Crippen MR) is 119 cm³/mol. The van der Waals surface area contributed by atoms with Crippen LogP contribution in [-0.4, -0.2) is 9.55 Å². The van der Waals surface area contributed by atoms with E-state index in [1.54, 1.807) is 30.3 Å². The highest BCUT2D eigenvalue weighted by molar-refractivity contribution is 7.24. The molecule has 0 N–H and O–H groups in total. The zero-order chi connectivity index (χ0) is 20.7. The molecule has 30 heavy (non-hydrogen) atoms. The van der Waals surface area contributed by atoms with E-state index < -0.39 is 11.4 Å². The standard InChI is InChI=1S/C24H15FN2O2S/c25-18-12-6-4-10-16(18)22-26-23-20(21(28)17-11-5-7-13-19(17)30-23)24(29)27(22)14-15-8-2-1-3-9-15/h1-13H,14H2. The number of nitrogens with zero attached hydrogens (tertiary/aromatic N) is 2. The fourth-order valence-corrected chi connectivity index (χ4v) is 4.59. The molecule has 0 amide bonds. The van der Waals surface area contributed by atoms with Crippen molar-refractivity contribution in [3.05, 3.63) is 111 Å². The average Bonchev–Trinajstić information content (AvgIpc) is 2.77. The van der Waals surface area contributed by atoms with Crippen molar-refractivity contribution in [1.82, 2.24) is 9.55 Å². The van der Waals surface area contributed by atoms with Crippen LogP contribution in [0, 0.1) is 5.82 Å². The molecule has 0 saturated carbocycles. The highest BCUT2D eigenvalue weighted by Crippen LogP contribution is 2.26. The zero-order valence-electron chi connectivity index (χ0n) is 15.7. The molecule has 0 saturated heterocycles. The molecule has 0 fully saturated rings. The van der Waals surface area contributed by atoms with Gasteiger partial charge in [0.1, 0.15) is 21.9 Å². The van der Waals surface area contributed by atoms with Gasteiger partial charge in [-0.05, 0) is 29.8 Å². The Balaban J connectivity index is 1.90. The van der Waals surface area contributed by atoms with Gasteiger partial charge >= 0.3 is 0 Å². The van der Waals surface area contributed by atoms with Gasteiger partial charge in [-0.15, -0.1) is 11.3 Å². The second-order valence-electron chi connectivity index (χ2n) is 6.90. The van der Waals surface area contributed by atoms with Crippen molar-refractivity contribution in [2.75, 3.05) is 0 Å². The summed E-state index contributed by atoms with van der Waals surface area (Å²) in [5.74, 6) is -0.265. The van der Waals surface area contributed by atoms with E-state index >= 15 is 0 Å². The Labute approximate surface area is 174 Å². The van der Waals surface area contributed by atoms with Crippen LogP contribution in [0.3, 0.4) is 0 Å². The fourth-order valence-electron chi connectivity index (χ4n) is 3.55. The van der Waals surface area contributed by atoms with Crippen LogP contribution >= 0.6 is 11.3 Å². The van der Waals surface area contributed by atoms with Crippen molar-refractivity contribution in [2.45, 2.75) is 6.54 Å². The number of rotatable bonds is 3. The summed E-state index contributed by atoms with van der Waals surface area (Å²) in [5, 5.41) is 0.522. The lowest BCUT2D eigenvalue weighted by atomic mass is 10.1. The molecule has 0 bridgehead atoms. The molecule has 3 aromatic carbocycles. The number of aromatic nitrogens is 2. The maximum Gasteiger partial charge on any atom is 0.266 e. The van der Waals surface area contributed by atoms with Gasteiger partial charge in [0.05, 0.1) is 12.1 Å². The summed E-state index contributed by atoms with van der Waals surface area (Å²) in [7, 11) is 0. The Hall–Kier alpha value is -3.64. The second kappa shape index (κ2) is 7.31. The van der Waals surface area contributed by atoms with Crippen LogP contribution in [0.1, 0.15) is 5.56 Å². The molecule has 0 aliphatic heterocycles. The summed E-state index contributed by atoms with van der Waals surface area (Å²) in [6.07, 6.45) is 0. The number of hydrogen-bond acceptors (Lipinski definition) is 4. The van der Waals surface area contributed by atoms with Crippen LogP contribution in [0.2, 0.25) is 0 Å². The molecule has 0 aliphatic rings. The summed E-state index contributed by atoms with van der Waals surface area (Å²) >= 11 is 1.26. The second-order valence-corrected chi connectivity index (χ2v) is 7.93. The zero-order valence-corrected chi connectivity index (χ0v) is 16.5. The number of hydrogen-bond donors (Lipinski definition) is 0. The van der Waals surface area contributed by atoms with E-state index in [4.69, 9.17) is 0 Å². The van der Waals surface area contributed by atoms with Gasteiger partial charge in [-0.2, -0.15) is 0 Å². The quantitative estimate of drug-likeness (QED) is 0.398. The lowest BCUT2D eigenvalue weighted by Gasteiger charge is -2.14. The summed E-state index contributed by atoms with van der Waals surface area (Å²) < 4.78 is 16.8. The van der Waals surface area contributed by atoms with Gasteiger partial charge in [0, 0.05) is 10.1 Å². The van der Waals surface area contributed by atoms with Gasteiger partial charge in [-0.1, -0.05) is 54.6 Å². The first kappa shape index (κ1) is 18.4. The Kier molecular flexibility index (Phi) is 4.48. The van der Waals surface area contributed by atoms with Crippen LogP contribution in [0.4, 0.5) is 4.39 Å². The lowest BCUT2D eigenvalue weighted by Crippen LogP contribution is -2.28. The minimum atomic E-state index is -0.473. The molecule has 5 aromatic rings. The monoisotopic (exact) mass is 414 g/mol. The molecule has 5 rings (SSSR count). The maximum absolute atomic E-state index is 14.6. The van der Waals surface area contributed by atoms with Gasteiger partial charge in [0.25, 0.3) is 5.56 Å². The topological polar surface area (TPSA) is 52.0 Å². The van der Waals surface area contributed by atoms with Crippen molar-refractivity contribution >= 4 is 31.6 Å². The van der Waals surface area contributed by atoms with Crippen molar-refractivity contribution < 1.29 is 4.39 Å². The van der Waals surface area contributed by atoms with E-state index in [0.717, 1.165) is 10.3 Å². The molecule has 2 aromatic heterocycles. The van der Waals surface area contributed by atoms with Crippen LogP contribution in [0.25, 0.3) is 31.7 Å². The van der Waals surface area contributed by atoms with Gasteiger partial charge < -0.3 is 0 Å². The lowest BCUT2D eigenvalue weighted by molar-refractivity contribution is 0.626. The average molecular weight is 414 g/mol. The first-order chi connectivity index (χ1) is 14.6. The van der Waals surface area contributed by atoms with E-state index in [9.17, 15) is 14.0 Å². The Bertz CT molecular complexity index is 1520. The first-order valence-electron chi connectivity index (χ1n) is 9.39. The summed E-state index contributed by atoms with van der Waals surface area (Å²) in [5.41, 5.74) is 0.267. The Morgan fingerprint density at radius 2 is 1.57 bits per heavy atom. The molecule has 2 heterocycles. The normalized spacial score (nSPS) is 11.2. The van der Waals surface area contributed by atoms with Gasteiger partial charge in [-0.3, -0.25) is 14.2 Å². The molecule has 0 spiro atoms. The van der Waals surface area contributed by atoms with Gasteiger partial charge in [0.15, 0.2) is 0 Å². The molecule has 4 nitrogen and oxygen atoms in total. The minimum absolute atomic E-state index is 0.0368. The van der Waals surface area contributed by atoms with Crippen LogP contribution in [0.15, 0.2) is 88.5 Å². The van der Waals surface area contributed by atoms with E-state index in [-0.39, 0.29) is 28.7 Å². The third-order valence-electron chi connectivity index (χ3n) is 5.00. The van der Waals surface area contributed by atoms with Crippen molar-refractivity contribution in [2.24, 2.45) is 0 Å². The third-order valence-corrected chi connectivity index (χ3v) is 6.06. The number of halogens is 1. The molecule has 6 heteroatoms. The fraction of sp³-hybridized carbons (Fsp3) is 0.0417. The number of benzene rings is 3. The molecule has 0 atom stereocenters. The minimum Gasteiger partial charge on any atom is -0.288 e. The first-order valence-corrected chi connectivity index (χ1v) is 10.2. The van der Waals surface area contributed by atoms with Crippen LogP contribution in [-0.2, 0) is 6.54 Å². The molecular weight excluding hydrogens is 399 g/mol. The third kappa shape index (κ3) is 3.02. The highest BCUT2D eigenvalue weighted by Gasteiger charge is 2.19. The van der Waals surface area contributed by atoms with E-state index in [2.05, 4.69) is 4.98 Å². The summed E-state index contributed by atoms with van der Waals surface area (Å²) in [6.45, 7) is 0.184. The smallest absolute Gasteiger partial charge is 0.266 e. The summed E-state index contributed by atoms with van der Waals surface area (Å²) in [6, 6.07) is 22.7. The highest BCUT2D eigenvalue weighted by atomic mass is 32.1. The molecule has 0 unspecified atom stereocenters. The maximum atomic E-state index is 14.6. The predicted octanol–water partition coefficient (Wildman–Crippen LogP) is 4.83. The Morgan fingerprint density at radius 3 is 2.37 bits per heavy atom. The molecular formula is C24H15FN2O2S. The van der Waals surface area contributed by atoms with Crippen molar-refractivity contribution in [3.63, 3.8) is 0 Å². The summed E-state index contributed by atoms with van der Waals surface area (Å²) in [4.78, 5) is 31.5. The van der Waals surface area contributed by atoms with E-state index in [1.807, 2.05) is 42.5 Å². The molecule has 0 radical (unpaired) electrons.